The van der Waals surface area contributed by atoms with Gasteiger partial charge in [-0.1, -0.05) is 35.5 Å². The van der Waals surface area contributed by atoms with Crippen LogP contribution in [-0.2, 0) is 11.3 Å². The smallest absolute Gasteiger partial charge is 0.225 e. The number of benzene rings is 2. The summed E-state index contributed by atoms with van der Waals surface area (Å²) in [6, 6.07) is 14.9. The fourth-order valence-corrected chi connectivity index (χ4v) is 3.85. The molecule has 0 saturated heterocycles. The van der Waals surface area contributed by atoms with Gasteiger partial charge in [-0.15, -0.1) is 0 Å². The number of fused-ring (bicyclic) bond motifs is 1. The zero-order valence-electron chi connectivity index (χ0n) is 14.2. The third-order valence-electron chi connectivity index (χ3n) is 3.87. The van der Waals surface area contributed by atoms with Crippen LogP contribution in [0.15, 0.2) is 47.6 Å². The van der Waals surface area contributed by atoms with Crippen molar-refractivity contribution >= 4 is 46.0 Å². The maximum atomic E-state index is 12.1. The van der Waals surface area contributed by atoms with Crippen LogP contribution < -0.4 is 5.32 Å². The van der Waals surface area contributed by atoms with Crippen molar-refractivity contribution in [1.29, 1.82) is 5.26 Å². The second-order valence-electron chi connectivity index (χ2n) is 5.58. The number of amides is 1. The molecule has 1 aromatic heterocycles. The first-order valence-corrected chi connectivity index (χ1v) is 9.56. The molecule has 1 heterocycles. The van der Waals surface area contributed by atoms with Crippen LogP contribution in [-0.4, -0.2) is 21.2 Å². The van der Waals surface area contributed by atoms with Gasteiger partial charge in [-0.05, 0) is 37.3 Å². The molecule has 1 N–H and O–H groups in total. The third-order valence-corrected chi connectivity index (χ3v) is 5.16. The van der Waals surface area contributed by atoms with Crippen LogP contribution >= 0.6 is 23.4 Å². The molecule has 1 amide bonds. The van der Waals surface area contributed by atoms with Crippen molar-refractivity contribution in [2.75, 3.05) is 11.1 Å². The van der Waals surface area contributed by atoms with E-state index in [4.69, 9.17) is 16.9 Å². The van der Waals surface area contributed by atoms with Crippen molar-refractivity contribution in [3.05, 3.63) is 53.1 Å². The van der Waals surface area contributed by atoms with Gasteiger partial charge >= 0.3 is 0 Å². The first kappa shape index (κ1) is 18.3. The quantitative estimate of drug-likeness (QED) is 0.625. The van der Waals surface area contributed by atoms with E-state index in [9.17, 15) is 4.79 Å². The molecule has 7 heteroatoms. The lowest BCUT2D eigenvalue weighted by molar-refractivity contribution is -0.115. The van der Waals surface area contributed by atoms with Crippen molar-refractivity contribution in [3.8, 4) is 6.07 Å². The van der Waals surface area contributed by atoms with Gasteiger partial charge in [-0.2, -0.15) is 5.26 Å². The number of hydrogen-bond acceptors (Lipinski definition) is 4. The lowest BCUT2D eigenvalue weighted by atomic mass is 10.2. The Hall–Kier alpha value is -2.49. The second kappa shape index (κ2) is 8.26. The molecule has 3 aromatic rings. The number of aromatic nitrogens is 2. The number of para-hydroxylation sites is 2. The maximum absolute atomic E-state index is 12.1. The number of aryl methyl sites for hydroxylation is 1. The Labute approximate surface area is 161 Å². The number of hydrogen-bond donors (Lipinski definition) is 1. The number of carbonyl (C=O) groups is 1. The Bertz CT molecular complexity index is 993. The van der Waals surface area contributed by atoms with Crippen LogP contribution in [0.3, 0.4) is 0 Å². The minimum atomic E-state index is -0.0996. The van der Waals surface area contributed by atoms with Crippen molar-refractivity contribution < 1.29 is 4.79 Å². The highest BCUT2D eigenvalue weighted by atomic mass is 35.5. The average Bonchev–Trinajstić information content (AvgIpc) is 2.99. The Morgan fingerprint density at radius 2 is 2.15 bits per heavy atom. The lowest BCUT2D eigenvalue weighted by Crippen LogP contribution is -2.12. The number of anilines is 1. The molecule has 0 fully saturated rings. The summed E-state index contributed by atoms with van der Waals surface area (Å²) in [4.78, 5) is 16.8. The minimum Gasteiger partial charge on any atom is -0.326 e. The Balaban J connectivity index is 1.59. The molecule has 132 valence electrons. The molecular weight excluding hydrogens is 368 g/mol. The van der Waals surface area contributed by atoms with Gasteiger partial charge in [-0.25, -0.2) is 4.98 Å². The van der Waals surface area contributed by atoms with Gasteiger partial charge in [0.15, 0.2) is 5.16 Å². The maximum Gasteiger partial charge on any atom is 0.225 e. The number of halogens is 1. The largest absolute Gasteiger partial charge is 0.326 e. The number of carbonyl (C=O) groups excluding carboxylic acids is 1. The highest BCUT2D eigenvalue weighted by Crippen LogP contribution is 2.25. The van der Waals surface area contributed by atoms with E-state index < -0.39 is 0 Å². The lowest BCUT2D eigenvalue weighted by Gasteiger charge is -2.07. The van der Waals surface area contributed by atoms with E-state index in [0.29, 0.717) is 28.4 Å². The normalized spacial score (nSPS) is 10.7. The number of nitrogens with one attached hydrogen (secondary N) is 1. The molecule has 2 aromatic carbocycles. The SMILES string of the molecule is CCn1c(SCCC(=O)Nc2ccc(C#N)c(Cl)c2)nc2ccccc21. The summed E-state index contributed by atoms with van der Waals surface area (Å²) in [5, 5.41) is 12.9. The van der Waals surface area contributed by atoms with Gasteiger partial charge in [0.1, 0.15) is 6.07 Å². The van der Waals surface area contributed by atoms with E-state index >= 15 is 0 Å². The number of thioether (sulfide) groups is 1. The monoisotopic (exact) mass is 384 g/mol. The molecule has 0 radical (unpaired) electrons. The fourth-order valence-electron chi connectivity index (χ4n) is 2.61. The molecule has 0 atom stereocenters. The molecule has 3 rings (SSSR count). The first-order chi connectivity index (χ1) is 12.6. The summed E-state index contributed by atoms with van der Waals surface area (Å²) in [6.45, 7) is 2.91. The summed E-state index contributed by atoms with van der Waals surface area (Å²) >= 11 is 7.55. The molecule has 0 aliphatic rings. The van der Waals surface area contributed by atoms with Crippen molar-refractivity contribution in [3.63, 3.8) is 0 Å². The minimum absolute atomic E-state index is 0.0996. The van der Waals surface area contributed by atoms with Gasteiger partial charge in [0.25, 0.3) is 0 Å². The van der Waals surface area contributed by atoms with Gasteiger partial charge in [-0.3, -0.25) is 4.79 Å². The molecule has 0 bridgehead atoms. The van der Waals surface area contributed by atoms with Crippen molar-refractivity contribution in [2.45, 2.75) is 25.0 Å². The summed E-state index contributed by atoms with van der Waals surface area (Å²) in [5.41, 5.74) is 3.05. The number of imidazole rings is 1. The van der Waals surface area contributed by atoms with Crippen LogP contribution in [0, 0.1) is 11.3 Å². The second-order valence-corrected chi connectivity index (χ2v) is 7.05. The average molecular weight is 385 g/mol. The van der Waals surface area contributed by atoms with Crippen LogP contribution in [0.1, 0.15) is 18.9 Å². The van der Waals surface area contributed by atoms with Crippen molar-refractivity contribution in [2.24, 2.45) is 0 Å². The van der Waals surface area contributed by atoms with E-state index in [1.165, 1.54) is 0 Å². The summed E-state index contributed by atoms with van der Waals surface area (Å²) in [5.74, 6) is 0.525. The van der Waals surface area contributed by atoms with Gasteiger partial charge in [0.05, 0.1) is 21.6 Å². The predicted octanol–water partition coefficient (Wildman–Crippen LogP) is 4.70. The number of nitrogens with zero attached hydrogens (tertiary/aromatic N) is 3. The first-order valence-electron chi connectivity index (χ1n) is 8.20. The highest BCUT2D eigenvalue weighted by molar-refractivity contribution is 7.99. The highest BCUT2D eigenvalue weighted by Gasteiger charge is 2.11. The van der Waals surface area contributed by atoms with E-state index in [1.807, 2.05) is 24.3 Å². The zero-order valence-corrected chi connectivity index (χ0v) is 15.8. The summed E-state index contributed by atoms with van der Waals surface area (Å²) in [7, 11) is 0. The molecule has 0 unspecified atom stereocenters. The Morgan fingerprint density at radius 1 is 1.35 bits per heavy atom. The molecular formula is C19H17ClN4OS. The molecule has 0 aliphatic heterocycles. The number of rotatable bonds is 6. The number of nitriles is 1. The van der Waals surface area contributed by atoms with E-state index in [2.05, 4.69) is 27.9 Å². The molecule has 5 nitrogen and oxygen atoms in total. The Kier molecular flexibility index (Phi) is 5.82. The Morgan fingerprint density at radius 3 is 2.88 bits per heavy atom. The van der Waals surface area contributed by atoms with Gasteiger partial charge in [0, 0.05) is 24.4 Å². The van der Waals surface area contributed by atoms with Crippen LogP contribution in [0.2, 0.25) is 5.02 Å². The zero-order chi connectivity index (χ0) is 18.5. The fraction of sp³-hybridized carbons (Fsp3) is 0.211. The summed E-state index contributed by atoms with van der Waals surface area (Å²) < 4.78 is 2.15. The molecule has 0 aliphatic carbocycles. The predicted molar refractivity (Wildman–Crippen MR) is 106 cm³/mol. The van der Waals surface area contributed by atoms with E-state index in [-0.39, 0.29) is 5.91 Å². The van der Waals surface area contributed by atoms with E-state index in [0.717, 1.165) is 22.7 Å². The molecule has 0 saturated carbocycles. The van der Waals surface area contributed by atoms with Crippen LogP contribution in [0.5, 0.6) is 0 Å². The summed E-state index contributed by atoms with van der Waals surface area (Å²) in [6.07, 6.45) is 0.356. The topological polar surface area (TPSA) is 70.7 Å². The third kappa shape index (κ3) is 4.01. The van der Waals surface area contributed by atoms with Gasteiger partial charge in [0.2, 0.25) is 5.91 Å². The van der Waals surface area contributed by atoms with E-state index in [1.54, 1.807) is 30.0 Å². The molecule has 26 heavy (non-hydrogen) atoms. The standard InChI is InChI=1S/C19H17ClN4OS/c1-2-24-17-6-4-3-5-16(17)23-19(24)26-10-9-18(25)22-14-8-7-13(12-21)15(20)11-14/h3-8,11H,2,9-10H2,1H3,(H,22,25). The van der Waals surface area contributed by atoms with Crippen molar-refractivity contribution in [1.82, 2.24) is 9.55 Å². The molecule has 0 spiro atoms. The van der Waals surface area contributed by atoms with Gasteiger partial charge < -0.3 is 9.88 Å². The van der Waals surface area contributed by atoms with Crippen LogP contribution in [0.4, 0.5) is 5.69 Å². The van der Waals surface area contributed by atoms with Crippen LogP contribution in [0.25, 0.3) is 11.0 Å².